The highest BCUT2D eigenvalue weighted by atomic mass is 16.2. The van der Waals surface area contributed by atoms with Crippen molar-refractivity contribution >= 4 is 22.8 Å². The molecule has 0 radical (unpaired) electrons. The van der Waals surface area contributed by atoms with E-state index in [-0.39, 0.29) is 6.03 Å². The molecule has 184 valence electrons. The maximum absolute atomic E-state index is 12.9. The third-order valence-corrected chi connectivity index (χ3v) is 7.69. The fourth-order valence-corrected chi connectivity index (χ4v) is 5.92. The van der Waals surface area contributed by atoms with Gasteiger partial charge in [0, 0.05) is 39.3 Å². The van der Waals surface area contributed by atoms with E-state index in [1.807, 2.05) is 18.2 Å². The Morgan fingerprint density at radius 3 is 2.25 bits per heavy atom. The van der Waals surface area contributed by atoms with Gasteiger partial charge in [-0.1, -0.05) is 66.7 Å². The summed E-state index contributed by atoms with van der Waals surface area (Å²) in [7, 11) is 0. The lowest BCUT2D eigenvalue weighted by Gasteiger charge is -2.23. The minimum absolute atomic E-state index is 0.113. The van der Waals surface area contributed by atoms with E-state index in [9.17, 15) is 4.79 Å². The topological polar surface area (TPSA) is 53.4 Å². The number of anilines is 1. The second-order valence-electron chi connectivity index (χ2n) is 10.2. The molecule has 2 fully saturated rings. The summed E-state index contributed by atoms with van der Waals surface area (Å²) in [6.45, 7) is 6.06. The lowest BCUT2D eigenvalue weighted by molar-refractivity contribution is 0.243. The molecule has 6 rings (SSSR count). The van der Waals surface area contributed by atoms with Crippen molar-refractivity contribution in [3.63, 3.8) is 0 Å². The summed E-state index contributed by atoms with van der Waals surface area (Å²) in [5.41, 5.74) is 5.62. The van der Waals surface area contributed by atoms with E-state index >= 15 is 0 Å². The summed E-state index contributed by atoms with van der Waals surface area (Å²) in [5.74, 6) is 1.36. The summed E-state index contributed by atoms with van der Waals surface area (Å²) < 4.78 is 1.65. The monoisotopic (exact) mass is 479 g/mol. The Bertz CT molecular complexity index is 1310. The number of rotatable bonds is 7. The lowest BCUT2D eigenvalue weighted by atomic mass is 10.0. The Morgan fingerprint density at radius 1 is 0.833 bits per heavy atom. The van der Waals surface area contributed by atoms with Gasteiger partial charge in [-0.05, 0) is 47.9 Å². The van der Waals surface area contributed by atoms with Gasteiger partial charge in [0.15, 0.2) is 0 Å². The highest BCUT2D eigenvalue weighted by Gasteiger charge is 2.40. The number of amides is 1. The summed E-state index contributed by atoms with van der Waals surface area (Å²) in [5, 5.41) is 3.06. The molecule has 6 heteroatoms. The number of carbonyl (C=O) groups is 1. The molecule has 2 aliphatic heterocycles. The molecule has 2 saturated heterocycles. The second-order valence-corrected chi connectivity index (χ2v) is 10.2. The van der Waals surface area contributed by atoms with Crippen LogP contribution in [0.5, 0.6) is 0 Å². The average Bonchev–Trinajstić information content (AvgIpc) is 3.61. The molecular formula is C30H33N5O. The van der Waals surface area contributed by atoms with Crippen LogP contribution in [0.4, 0.5) is 10.5 Å². The Morgan fingerprint density at radius 2 is 1.53 bits per heavy atom. The van der Waals surface area contributed by atoms with Crippen molar-refractivity contribution in [1.29, 1.82) is 0 Å². The standard InChI is InChI=1S/C30H33N5O/c36-30(31-16-8-13-23-9-3-1-4-10-23)35-22-32-29-27(14-7-15-28(29)35)34-20-25-18-33(19-26(25)21-34)17-24-11-5-2-6-12-24/h1-7,9-12,14-15,22,25-26H,8,13,16-21H2,(H,31,36). The fourth-order valence-electron chi connectivity index (χ4n) is 5.92. The number of imidazole rings is 1. The van der Waals surface area contributed by atoms with Gasteiger partial charge in [0.25, 0.3) is 0 Å². The second kappa shape index (κ2) is 10.2. The molecule has 2 atom stereocenters. The first kappa shape index (κ1) is 22.8. The van der Waals surface area contributed by atoms with Gasteiger partial charge < -0.3 is 10.2 Å². The molecule has 36 heavy (non-hydrogen) atoms. The molecule has 2 unspecified atom stereocenters. The van der Waals surface area contributed by atoms with E-state index in [1.165, 1.54) is 11.1 Å². The third-order valence-electron chi connectivity index (χ3n) is 7.69. The zero-order valence-corrected chi connectivity index (χ0v) is 20.6. The number of likely N-dealkylation sites (tertiary alicyclic amines) is 1. The molecule has 2 aliphatic rings. The smallest absolute Gasteiger partial charge is 0.327 e. The molecule has 1 N–H and O–H groups in total. The first-order chi connectivity index (χ1) is 17.7. The molecular weight excluding hydrogens is 446 g/mol. The number of para-hydroxylation sites is 1. The number of aryl methyl sites for hydroxylation is 1. The Balaban J connectivity index is 1.07. The number of fused-ring (bicyclic) bond motifs is 2. The van der Waals surface area contributed by atoms with E-state index in [0.29, 0.717) is 18.4 Å². The van der Waals surface area contributed by atoms with Gasteiger partial charge in [0.2, 0.25) is 0 Å². The number of nitrogens with one attached hydrogen (secondary N) is 1. The van der Waals surface area contributed by atoms with E-state index in [4.69, 9.17) is 0 Å². The summed E-state index contributed by atoms with van der Waals surface area (Å²) in [6.07, 6.45) is 3.53. The van der Waals surface area contributed by atoms with Crippen molar-refractivity contribution in [2.75, 3.05) is 37.6 Å². The van der Waals surface area contributed by atoms with E-state index in [1.54, 1.807) is 10.9 Å². The fraction of sp³-hybridized carbons (Fsp3) is 0.333. The minimum Gasteiger partial charge on any atom is -0.369 e. The van der Waals surface area contributed by atoms with Crippen LogP contribution >= 0.6 is 0 Å². The molecule has 4 aromatic rings. The number of nitrogens with zero attached hydrogens (tertiary/aromatic N) is 4. The maximum Gasteiger partial charge on any atom is 0.327 e. The molecule has 3 aromatic carbocycles. The number of hydrogen-bond acceptors (Lipinski definition) is 4. The van der Waals surface area contributed by atoms with Gasteiger partial charge in [0.05, 0.1) is 11.2 Å². The van der Waals surface area contributed by atoms with Crippen molar-refractivity contribution < 1.29 is 4.79 Å². The Labute approximate surface area is 212 Å². The number of benzene rings is 3. The first-order valence-electron chi connectivity index (χ1n) is 13.0. The molecule has 3 heterocycles. The largest absolute Gasteiger partial charge is 0.369 e. The molecule has 0 spiro atoms. The van der Waals surface area contributed by atoms with Crippen molar-refractivity contribution in [2.24, 2.45) is 11.8 Å². The van der Waals surface area contributed by atoms with Crippen LogP contribution in [0.2, 0.25) is 0 Å². The number of hydrogen-bond donors (Lipinski definition) is 1. The summed E-state index contributed by atoms with van der Waals surface area (Å²) in [6, 6.07) is 27.2. The van der Waals surface area contributed by atoms with Gasteiger partial charge in [-0.15, -0.1) is 0 Å². The predicted molar refractivity (Wildman–Crippen MR) is 144 cm³/mol. The quantitative estimate of drug-likeness (QED) is 0.387. The van der Waals surface area contributed by atoms with Crippen LogP contribution in [0.1, 0.15) is 17.5 Å². The highest BCUT2D eigenvalue weighted by Crippen LogP contribution is 2.36. The van der Waals surface area contributed by atoms with Gasteiger partial charge in [0.1, 0.15) is 11.8 Å². The zero-order chi connectivity index (χ0) is 24.3. The predicted octanol–water partition coefficient (Wildman–Crippen LogP) is 4.80. The van der Waals surface area contributed by atoms with E-state index in [2.05, 4.69) is 80.8 Å². The molecule has 0 aliphatic carbocycles. The van der Waals surface area contributed by atoms with Crippen LogP contribution in [-0.2, 0) is 13.0 Å². The van der Waals surface area contributed by atoms with Gasteiger partial charge in [-0.2, -0.15) is 0 Å². The van der Waals surface area contributed by atoms with Gasteiger partial charge in [-0.3, -0.25) is 9.47 Å². The van der Waals surface area contributed by atoms with Gasteiger partial charge >= 0.3 is 6.03 Å². The van der Waals surface area contributed by atoms with Crippen LogP contribution in [0.15, 0.2) is 85.2 Å². The highest BCUT2D eigenvalue weighted by molar-refractivity contribution is 5.95. The summed E-state index contributed by atoms with van der Waals surface area (Å²) in [4.78, 5) is 22.7. The van der Waals surface area contributed by atoms with Crippen LogP contribution in [0.3, 0.4) is 0 Å². The van der Waals surface area contributed by atoms with E-state index < -0.39 is 0 Å². The maximum atomic E-state index is 12.9. The number of carbonyl (C=O) groups excluding carboxylic acids is 1. The number of aromatic nitrogens is 2. The third kappa shape index (κ3) is 4.73. The average molecular weight is 480 g/mol. The van der Waals surface area contributed by atoms with Crippen LogP contribution < -0.4 is 10.2 Å². The van der Waals surface area contributed by atoms with Crippen molar-refractivity contribution in [3.8, 4) is 0 Å². The Hall–Kier alpha value is -3.64. The molecule has 6 nitrogen and oxygen atoms in total. The molecule has 1 amide bonds. The van der Waals surface area contributed by atoms with Crippen LogP contribution in [0, 0.1) is 11.8 Å². The van der Waals surface area contributed by atoms with E-state index in [0.717, 1.165) is 62.3 Å². The summed E-state index contributed by atoms with van der Waals surface area (Å²) >= 11 is 0. The van der Waals surface area contributed by atoms with Crippen LogP contribution in [-0.4, -0.2) is 53.2 Å². The van der Waals surface area contributed by atoms with Crippen molar-refractivity contribution in [3.05, 3.63) is 96.3 Å². The zero-order valence-electron chi connectivity index (χ0n) is 20.6. The minimum atomic E-state index is -0.113. The SMILES string of the molecule is O=C(NCCCc1ccccc1)n1cnc2c(N3CC4CN(Cc5ccccc5)CC4C3)cccc21. The molecule has 1 aromatic heterocycles. The molecule has 0 bridgehead atoms. The van der Waals surface area contributed by atoms with Gasteiger partial charge in [-0.25, -0.2) is 9.78 Å². The molecule has 0 saturated carbocycles. The Kier molecular flexibility index (Phi) is 6.43. The first-order valence-corrected chi connectivity index (χ1v) is 13.0. The van der Waals surface area contributed by atoms with Crippen molar-refractivity contribution in [1.82, 2.24) is 19.8 Å². The van der Waals surface area contributed by atoms with Crippen LogP contribution in [0.25, 0.3) is 11.0 Å². The normalized spacial score (nSPS) is 19.6. The van der Waals surface area contributed by atoms with Crippen molar-refractivity contribution in [2.45, 2.75) is 19.4 Å². The lowest BCUT2D eigenvalue weighted by Crippen LogP contribution is -2.29.